The SMILES string of the molecule is Cc1nc2ccc(C(=O)NC3CCCN(Cc4cccs4)C3)cc2[nH]1. The van der Waals surface area contributed by atoms with Crippen LogP contribution in [-0.2, 0) is 6.54 Å². The van der Waals surface area contributed by atoms with E-state index in [-0.39, 0.29) is 11.9 Å². The van der Waals surface area contributed by atoms with Crippen molar-refractivity contribution in [1.82, 2.24) is 20.2 Å². The lowest BCUT2D eigenvalue weighted by atomic mass is 10.0. The van der Waals surface area contributed by atoms with E-state index in [4.69, 9.17) is 0 Å². The van der Waals surface area contributed by atoms with Gasteiger partial charge in [0.15, 0.2) is 0 Å². The predicted molar refractivity (Wildman–Crippen MR) is 101 cm³/mol. The quantitative estimate of drug-likeness (QED) is 0.755. The van der Waals surface area contributed by atoms with Crippen molar-refractivity contribution in [3.05, 3.63) is 52.0 Å². The normalized spacial score (nSPS) is 18.5. The first kappa shape index (κ1) is 16.3. The highest BCUT2D eigenvalue weighted by atomic mass is 32.1. The van der Waals surface area contributed by atoms with E-state index in [0.29, 0.717) is 5.56 Å². The molecule has 3 aromatic rings. The Morgan fingerprint density at radius 1 is 1.44 bits per heavy atom. The zero-order chi connectivity index (χ0) is 17.2. The second kappa shape index (κ2) is 6.98. The second-order valence-corrected chi connectivity index (χ2v) is 7.71. The molecular weight excluding hydrogens is 332 g/mol. The van der Waals surface area contributed by atoms with Crippen molar-refractivity contribution in [3.8, 4) is 0 Å². The number of hydrogen-bond acceptors (Lipinski definition) is 4. The molecule has 1 aliphatic heterocycles. The lowest BCUT2D eigenvalue weighted by Gasteiger charge is -2.32. The van der Waals surface area contributed by atoms with E-state index in [1.807, 2.05) is 25.1 Å². The van der Waals surface area contributed by atoms with E-state index in [1.54, 1.807) is 11.3 Å². The van der Waals surface area contributed by atoms with Crippen LogP contribution in [0.1, 0.15) is 33.9 Å². The van der Waals surface area contributed by atoms with Crippen LogP contribution < -0.4 is 5.32 Å². The van der Waals surface area contributed by atoms with Gasteiger partial charge in [-0.05, 0) is 56.0 Å². The fraction of sp³-hybridized carbons (Fsp3) is 0.368. The number of thiophene rings is 1. The highest BCUT2D eigenvalue weighted by molar-refractivity contribution is 7.09. The second-order valence-electron chi connectivity index (χ2n) is 6.68. The number of H-pyrrole nitrogens is 1. The Hall–Kier alpha value is -2.18. The Morgan fingerprint density at radius 3 is 3.20 bits per heavy atom. The van der Waals surface area contributed by atoms with Gasteiger partial charge in [0, 0.05) is 29.6 Å². The van der Waals surface area contributed by atoms with Gasteiger partial charge < -0.3 is 10.3 Å². The first-order valence-corrected chi connectivity index (χ1v) is 9.57. The van der Waals surface area contributed by atoms with Gasteiger partial charge in [-0.25, -0.2) is 4.98 Å². The Kier molecular flexibility index (Phi) is 4.55. The minimum absolute atomic E-state index is 0.00266. The van der Waals surface area contributed by atoms with Gasteiger partial charge >= 0.3 is 0 Å². The van der Waals surface area contributed by atoms with Crippen LogP contribution in [0.5, 0.6) is 0 Å². The van der Waals surface area contributed by atoms with Crippen molar-refractivity contribution < 1.29 is 4.79 Å². The molecule has 3 heterocycles. The molecule has 5 nitrogen and oxygen atoms in total. The average Bonchev–Trinajstić information content (AvgIpc) is 3.22. The van der Waals surface area contributed by atoms with Crippen LogP contribution in [0.3, 0.4) is 0 Å². The third kappa shape index (κ3) is 3.75. The van der Waals surface area contributed by atoms with Crippen LogP contribution in [0.4, 0.5) is 0 Å². The molecule has 1 fully saturated rings. The summed E-state index contributed by atoms with van der Waals surface area (Å²) in [6, 6.07) is 10.1. The zero-order valence-corrected chi connectivity index (χ0v) is 15.1. The number of imidazole rings is 1. The maximum atomic E-state index is 12.6. The summed E-state index contributed by atoms with van der Waals surface area (Å²) in [5.41, 5.74) is 2.49. The first-order chi connectivity index (χ1) is 12.2. The molecule has 4 rings (SSSR count). The van der Waals surface area contributed by atoms with E-state index in [9.17, 15) is 4.79 Å². The lowest BCUT2D eigenvalue weighted by molar-refractivity contribution is 0.0901. The van der Waals surface area contributed by atoms with E-state index in [1.165, 1.54) is 4.88 Å². The number of carbonyl (C=O) groups excluding carboxylic acids is 1. The minimum Gasteiger partial charge on any atom is -0.348 e. The molecule has 2 N–H and O–H groups in total. The number of aromatic amines is 1. The predicted octanol–water partition coefficient (Wildman–Crippen LogP) is 3.33. The number of rotatable bonds is 4. The molecule has 1 aliphatic rings. The molecule has 0 aliphatic carbocycles. The number of aryl methyl sites for hydroxylation is 1. The van der Waals surface area contributed by atoms with Crippen molar-refractivity contribution in [2.75, 3.05) is 13.1 Å². The summed E-state index contributed by atoms with van der Waals surface area (Å²) in [4.78, 5) is 24.0. The summed E-state index contributed by atoms with van der Waals surface area (Å²) in [5.74, 6) is 0.862. The van der Waals surface area contributed by atoms with Crippen LogP contribution in [0.15, 0.2) is 35.7 Å². The molecule has 6 heteroatoms. The minimum atomic E-state index is -0.00266. The summed E-state index contributed by atoms with van der Waals surface area (Å²) in [6.45, 7) is 4.91. The van der Waals surface area contributed by atoms with Gasteiger partial charge in [0.25, 0.3) is 5.91 Å². The standard InChI is InChI=1S/C19H22N4OS/c1-13-20-17-7-6-14(10-18(17)21-13)19(24)22-15-4-2-8-23(11-15)12-16-5-3-9-25-16/h3,5-7,9-10,15H,2,4,8,11-12H2,1H3,(H,20,21)(H,22,24). The van der Waals surface area contributed by atoms with Gasteiger partial charge in [0.05, 0.1) is 11.0 Å². The first-order valence-electron chi connectivity index (χ1n) is 8.69. The number of benzene rings is 1. The molecule has 0 radical (unpaired) electrons. The molecule has 0 spiro atoms. The van der Waals surface area contributed by atoms with Crippen LogP contribution in [-0.4, -0.2) is 39.9 Å². The highest BCUT2D eigenvalue weighted by Gasteiger charge is 2.22. The van der Waals surface area contributed by atoms with Crippen LogP contribution >= 0.6 is 11.3 Å². The van der Waals surface area contributed by atoms with E-state index < -0.39 is 0 Å². The Bertz CT molecular complexity index is 871. The number of nitrogens with zero attached hydrogens (tertiary/aromatic N) is 2. The molecular formula is C19H22N4OS. The summed E-state index contributed by atoms with van der Waals surface area (Å²) in [5, 5.41) is 5.32. The van der Waals surface area contributed by atoms with Gasteiger partial charge in [-0.2, -0.15) is 0 Å². The number of piperidine rings is 1. The van der Waals surface area contributed by atoms with Crippen molar-refractivity contribution in [2.24, 2.45) is 0 Å². The summed E-state index contributed by atoms with van der Waals surface area (Å²) >= 11 is 1.79. The number of fused-ring (bicyclic) bond motifs is 1. The Labute approximate surface area is 151 Å². The Morgan fingerprint density at radius 2 is 2.36 bits per heavy atom. The van der Waals surface area contributed by atoms with Gasteiger partial charge in [-0.15, -0.1) is 11.3 Å². The van der Waals surface area contributed by atoms with Gasteiger partial charge in [-0.3, -0.25) is 9.69 Å². The summed E-state index contributed by atoms with van der Waals surface area (Å²) in [7, 11) is 0. The molecule has 25 heavy (non-hydrogen) atoms. The van der Waals surface area contributed by atoms with Crippen molar-refractivity contribution in [1.29, 1.82) is 0 Å². The van der Waals surface area contributed by atoms with Gasteiger partial charge in [-0.1, -0.05) is 6.07 Å². The third-order valence-electron chi connectivity index (χ3n) is 4.66. The third-order valence-corrected chi connectivity index (χ3v) is 5.52. The molecule has 1 saturated heterocycles. The average molecular weight is 354 g/mol. The van der Waals surface area contributed by atoms with Crippen LogP contribution in [0, 0.1) is 6.92 Å². The molecule has 0 bridgehead atoms. The zero-order valence-electron chi connectivity index (χ0n) is 14.3. The van der Waals surface area contributed by atoms with E-state index in [2.05, 4.69) is 37.7 Å². The molecule has 1 aromatic carbocycles. The summed E-state index contributed by atoms with van der Waals surface area (Å²) < 4.78 is 0. The fourth-order valence-electron chi connectivity index (χ4n) is 3.49. The maximum absolute atomic E-state index is 12.6. The number of aromatic nitrogens is 2. The van der Waals surface area contributed by atoms with Crippen LogP contribution in [0.2, 0.25) is 0 Å². The van der Waals surface area contributed by atoms with Gasteiger partial charge in [0.1, 0.15) is 5.82 Å². The Balaban J connectivity index is 1.40. The van der Waals surface area contributed by atoms with E-state index >= 15 is 0 Å². The van der Waals surface area contributed by atoms with E-state index in [0.717, 1.165) is 49.3 Å². The fourth-order valence-corrected chi connectivity index (χ4v) is 4.23. The van der Waals surface area contributed by atoms with Crippen molar-refractivity contribution >= 4 is 28.3 Å². The van der Waals surface area contributed by atoms with Crippen molar-refractivity contribution in [3.63, 3.8) is 0 Å². The lowest BCUT2D eigenvalue weighted by Crippen LogP contribution is -2.47. The molecule has 1 atom stereocenters. The number of hydrogen-bond donors (Lipinski definition) is 2. The number of amides is 1. The molecule has 2 aromatic heterocycles. The number of carbonyl (C=O) groups is 1. The molecule has 1 amide bonds. The highest BCUT2D eigenvalue weighted by Crippen LogP contribution is 2.18. The molecule has 0 saturated carbocycles. The summed E-state index contributed by atoms with van der Waals surface area (Å²) in [6.07, 6.45) is 2.16. The maximum Gasteiger partial charge on any atom is 0.251 e. The smallest absolute Gasteiger partial charge is 0.251 e. The molecule has 130 valence electrons. The van der Waals surface area contributed by atoms with Crippen LogP contribution in [0.25, 0.3) is 11.0 Å². The number of likely N-dealkylation sites (tertiary alicyclic amines) is 1. The monoisotopic (exact) mass is 354 g/mol. The largest absolute Gasteiger partial charge is 0.348 e. The topological polar surface area (TPSA) is 61.0 Å². The van der Waals surface area contributed by atoms with Gasteiger partial charge in [0.2, 0.25) is 0 Å². The number of nitrogens with one attached hydrogen (secondary N) is 2. The molecule has 1 unspecified atom stereocenters. The van der Waals surface area contributed by atoms with Crippen molar-refractivity contribution in [2.45, 2.75) is 32.4 Å².